The second-order valence-electron chi connectivity index (χ2n) is 20.7. The monoisotopic (exact) mass is 1480 g/mol. The third-order valence-electron chi connectivity index (χ3n) is 13.0. The first-order valence-electron chi connectivity index (χ1n) is 29.2. The molecule has 9 rings (SSSR count). The molecule has 0 fully saturated rings. The molecule has 9 aromatic carbocycles. The number of ether oxygens (including phenoxy) is 6. The van der Waals surface area contributed by atoms with Gasteiger partial charge in [-0.05, 0) is 109 Å². The number of ketones is 3. The van der Waals surface area contributed by atoms with Crippen molar-refractivity contribution in [2.24, 2.45) is 17.8 Å². The fourth-order valence-electron chi connectivity index (χ4n) is 8.05. The van der Waals surface area contributed by atoms with Crippen LogP contribution in [-0.2, 0) is 65.4 Å². The fourth-order valence-corrected chi connectivity index (χ4v) is 8.05. The number of phenols is 3. The Bertz CT molecular complexity index is 4020. The molecule has 504 valence electrons. The Morgan fingerprint density at radius 2 is 0.449 bits per heavy atom. The molecular formula is C75H69O21Y2-3. The maximum Gasteiger partial charge on any atom is 0.347 e. The summed E-state index contributed by atoms with van der Waals surface area (Å²) in [5.41, 5.74) is 1.33. The average molecular weight is 1480 g/mol. The Hall–Kier alpha value is -10.2. The maximum atomic E-state index is 12.8. The molecule has 3 N–H and O–H groups in total. The van der Waals surface area contributed by atoms with Crippen LogP contribution in [0.3, 0.4) is 0 Å². The van der Waals surface area contributed by atoms with Gasteiger partial charge in [0.2, 0.25) is 0 Å². The summed E-state index contributed by atoms with van der Waals surface area (Å²) in [6, 6.07) is 56.8. The van der Waals surface area contributed by atoms with Gasteiger partial charge in [0, 0.05) is 99.9 Å². The Balaban J connectivity index is 0.000000421. The van der Waals surface area contributed by atoms with E-state index in [0.717, 1.165) is 0 Å². The Labute approximate surface area is 616 Å². The van der Waals surface area contributed by atoms with Gasteiger partial charge < -0.3 is 73.4 Å². The van der Waals surface area contributed by atoms with E-state index in [-0.39, 0.29) is 168 Å². The van der Waals surface area contributed by atoms with Crippen molar-refractivity contribution in [1.82, 2.24) is 0 Å². The summed E-state index contributed by atoms with van der Waals surface area (Å²) < 4.78 is 30.4. The van der Waals surface area contributed by atoms with Crippen molar-refractivity contribution >= 4 is 53.2 Å². The summed E-state index contributed by atoms with van der Waals surface area (Å²) in [5, 5.41) is 60.0. The molecule has 98 heavy (non-hydrogen) atoms. The minimum Gasteiger partial charge on any atom is -0.545 e. The molecule has 0 amide bonds. The number of carboxylic acid groups (broad SMARTS) is 3. The number of hydrogen-bond acceptors (Lipinski definition) is 21. The number of phenolic OH excluding ortho intramolecular Hbond substituents is 3. The number of rotatable bonds is 18. The maximum absolute atomic E-state index is 12.8. The standard InChI is InChI=1S/C24H20O6.C17H16O4.C10H12O2.3C8H8O3.2Y/c1-15(2)22(26)17-10-4-7-13-20(17)29-24(28)18-11-5-8-14-21(18)30-23(27)16-9-3-6-12-19(16)25;1-11(2)16(19)13-8-4-6-10-15(13)21-17(20)12-7-3-5-9-14(12)18;1-7(2)10(12)8-5-3-4-6-9(8)11;3*1-11-7-5-3-2-4-6(7)8(9)10;;/h3-15,25H,1-2H3;3-11,18H,1-2H3;3-7,11H,1-2H3;3*2-5H,1H3,(H,9,10);;/p-3. The van der Waals surface area contributed by atoms with Gasteiger partial charge in [-0.15, -0.1) is 0 Å². The van der Waals surface area contributed by atoms with Crippen LogP contribution in [0, 0.1) is 17.8 Å². The normalized spacial score (nSPS) is 9.80. The number of aromatic hydroxyl groups is 3. The molecule has 0 saturated carbocycles. The van der Waals surface area contributed by atoms with E-state index in [1.807, 2.05) is 13.8 Å². The molecule has 0 unspecified atom stereocenters. The van der Waals surface area contributed by atoms with Crippen LogP contribution in [0.5, 0.6) is 51.7 Å². The van der Waals surface area contributed by atoms with E-state index < -0.39 is 35.8 Å². The second kappa shape index (κ2) is 43.1. The molecule has 21 nitrogen and oxygen atoms in total. The van der Waals surface area contributed by atoms with Gasteiger partial charge in [0.1, 0.15) is 68.4 Å². The van der Waals surface area contributed by atoms with Crippen LogP contribution in [-0.4, -0.2) is 89.8 Å². The summed E-state index contributed by atoms with van der Waals surface area (Å²) >= 11 is 0. The van der Waals surface area contributed by atoms with Crippen LogP contribution in [0.15, 0.2) is 218 Å². The number of carboxylic acids is 3. The molecule has 0 aromatic heterocycles. The number of hydrogen-bond donors (Lipinski definition) is 3. The van der Waals surface area contributed by atoms with E-state index in [4.69, 9.17) is 28.4 Å². The summed E-state index contributed by atoms with van der Waals surface area (Å²) in [7, 11) is 4.26. The zero-order chi connectivity index (χ0) is 71.0. The van der Waals surface area contributed by atoms with Crippen molar-refractivity contribution in [3.05, 3.63) is 268 Å². The number of esters is 3. The van der Waals surface area contributed by atoms with Crippen LogP contribution in [0.25, 0.3) is 0 Å². The van der Waals surface area contributed by atoms with E-state index >= 15 is 0 Å². The van der Waals surface area contributed by atoms with Crippen molar-refractivity contribution < 1.29 is 168 Å². The molecule has 0 saturated heterocycles. The number of aromatic carboxylic acids is 3. The largest absolute Gasteiger partial charge is 0.545 e. The number of carbonyl (C=O) groups excluding carboxylic acids is 9. The predicted octanol–water partition coefficient (Wildman–Crippen LogP) is 10.5. The quantitative estimate of drug-likeness (QED) is 0.0408. The molecule has 0 heterocycles. The third kappa shape index (κ3) is 25.8. The first kappa shape index (κ1) is 83.9. The topological polar surface area (TPSA) is 339 Å². The minimum atomic E-state index is -1.22. The zero-order valence-electron chi connectivity index (χ0n) is 54.9. The van der Waals surface area contributed by atoms with Crippen molar-refractivity contribution in [2.45, 2.75) is 41.5 Å². The van der Waals surface area contributed by atoms with Gasteiger partial charge in [-0.25, -0.2) is 14.4 Å². The summed E-state index contributed by atoms with van der Waals surface area (Å²) in [4.78, 5) is 104. The van der Waals surface area contributed by atoms with E-state index in [9.17, 15) is 73.8 Å². The fraction of sp³-hybridized carbons (Fsp3) is 0.160. The number of methoxy groups -OCH3 is 3. The van der Waals surface area contributed by atoms with Crippen LogP contribution in [0.2, 0.25) is 0 Å². The van der Waals surface area contributed by atoms with Gasteiger partial charge in [0.25, 0.3) is 0 Å². The summed E-state index contributed by atoms with van der Waals surface area (Å²) in [5.74, 6) is -5.81. The van der Waals surface area contributed by atoms with Crippen LogP contribution >= 0.6 is 0 Å². The van der Waals surface area contributed by atoms with Gasteiger partial charge in [0.15, 0.2) is 17.3 Å². The molecule has 23 heteroatoms. The number of Topliss-reactive ketones (excluding diaryl/α,β-unsaturated/α-hetero) is 3. The van der Waals surface area contributed by atoms with Crippen molar-refractivity contribution in [3.8, 4) is 51.7 Å². The molecule has 0 atom stereocenters. The Kier molecular flexibility index (Phi) is 36.9. The van der Waals surface area contributed by atoms with Gasteiger partial charge in [-0.2, -0.15) is 0 Å². The average Bonchev–Trinajstić information content (AvgIpc) is 0.839. The number of benzene rings is 9. The van der Waals surface area contributed by atoms with E-state index in [0.29, 0.717) is 33.9 Å². The molecule has 0 aliphatic heterocycles. The van der Waals surface area contributed by atoms with Gasteiger partial charge in [-0.1, -0.05) is 151 Å². The van der Waals surface area contributed by atoms with Crippen molar-refractivity contribution in [1.29, 1.82) is 0 Å². The molecule has 0 aliphatic carbocycles. The van der Waals surface area contributed by atoms with E-state index in [2.05, 4.69) is 0 Å². The summed E-state index contributed by atoms with van der Waals surface area (Å²) in [6.07, 6.45) is 0. The molecule has 0 aliphatic rings. The first-order chi connectivity index (χ1) is 45.8. The molecule has 0 spiro atoms. The van der Waals surface area contributed by atoms with Crippen LogP contribution < -0.4 is 43.7 Å². The molecule has 0 bridgehead atoms. The van der Waals surface area contributed by atoms with Crippen molar-refractivity contribution in [3.63, 3.8) is 0 Å². The van der Waals surface area contributed by atoms with Gasteiger partial charge >= 0.3 is 17.9 Å². The van der Waals surface area contributed by atoms with Crippen LogP contribution in [0.4, 0.5) is 0 Å². The van der Waals surface area contributed by atoms with E-state index in [1.165, 1.54) is 88.1 Å². The predicted molar refractivity (Wildman–Crippen MR) is 348 cm³/mol. The minimum absolute atomic E-state index is 0. The number of carbonyl (C=O) groups is 9. The molecular weight excluding hydrogens is 1410 g/mol. The van der Waals surface area contributed by atoms with Gasteiger partial charge in [0.05, 0.1) is 55.9 Å². The third-order valence-corrected chi connectivity index (χ3v) is 13.0. The molecule has 2 radical (unpaired) electrons. The van der Waals surface area contributed by atoms with Crippen LogP contribution in [0.1, 0.15) is 135 Å². The van der Waals surface area contributed by atoms with Gasteiger partial charge in [-0.3, -0.25) is 14.4 Å². The Morgan fingerprint density at radius 3 is 0.684 bits per heavy atom. The molecule has 9 aromatic rings. The smallest absolute Gasteiger partial charge is 0.347 e. The van der Waals surface area contributed by atoms with Crippen molar-refractivity contribution in [2.75, 3.05) is 21.3 Å². The first-order valence-corrected chi connectivity index (χ1v) is 29.2. The number of para-hydroxylation sites is 9. The van der Waals surface area contributed by atoms with E-state index in [1.54, 1.807) is 179 Å². The Morgan fingerprint density at radius 1 is 0.265 bits per heavy atom. The SMILES string of the molecule is CC(C)C(=O)c1ccccc1O.CC(C)C(=O)c1ccccc1OC(=O)c1ccccc1O.CC(C)C(=O)c1ccccc1OC(=O)c1ccccc1OC(=O)c1ccccc1O.COc1ccccc1C(=O)[O-].COc1ccccc1C(=O)[O-].COc1ccccc1C(=O)[O-].[Y].[Y]. The summed E-state index contributed by atoms with van der Waals surface area (Å²) in [6.45, 7) is 10.7. The zero-order valence-corrected chi connectivity index (χ0v) is 60.5. The second-order valence-corrected chi connectivity index (χ2v) is 20.7.